The molecule has 0 aliphatic carbocycles. The molecule has 0 aromatic heterocycles. The third-order valence-electron chi connectivity index (χ3n) is 5.66. The maximum Gasteiger partial charge on any atom is 0.322 e. The van der Waals surface area contributed by atoms with Crippen LogP contribution in [-0.2, 0) is 26.6 Å². The Balaban J connectivity index is 3.04. The molecule has 0 atom stereocenters. The van der Waals surface area contributed by atoms with Gasteiger partial charge in [0.2, 0.25) is 0 Å². The van der Waals surface area contributed by atoms with Gasteiger partial charge in [0.05, 0.1) is 0 Å². The Kier molecular flexibility index (Phi) is 14.5. The SMILES string of the molecule is CCCOCC[Si]1(CC)O[Si](CC)(CCOCCC)O[Si](CC)(CCOCCC)O1. The number of hydrogen-bond acceptors (Lipinski definition) is 6. The highest BCUT2D eigenvalue weighted by Gasteiger charge is 2.59. The molecule has 6 nitrogen and oxygen atoms in total. The molecule has 0 bridgehead atoms. The molecular formula is C21H48O6Si3. The van der Waals surface area contributed by atoms with Crippen molar-refractivity contribution in [3.63, 3.8) is 0 Å². The molecule has 1 heterocycles. The van der Waals surface area contributed by atoms with Crippen molar-refractivity contribution in [2.24, 2.45) is 0 Å². The van der Waals surface area contributed by atoms with Gasteiger partial charge in [0.1, 0.15) is 0 Å². The third kappa shape index (κ3) is 9.11. The molecule has 0 radical (unpaired) electrons. The van der Waals surface area contributed by atoms with Crippen molar-refractivity contribution in [2.75, 3.05) is 39.6 Å². The topological polar surface area (TPSA) is 55.4 Å². The van der Waals surface area contributed by atoms with Gasteiger partial charge < -0.3 is 26.6 Å². The predicted octanol–water partition coefficient (Wildman–Crippen LogP) is 5.72. The van der Waals surface area contributed by atoms with Gasteiger partial charge in [0, 0.05) is 57.8 Å². The maximum absolute atomic E-state index is 6.97. The molecule has 30 heavy (non-hydrogen) atoms. The lowest BCUT2D eigenvalue weighted by Gasteiger charge is -2.53. The second-order valence-corrected chi connectivity index (χ2v) is 19.7. The van der Waals surface area contributed by atoms with Crippen LogP contribution >= 0.6 is 0 Å². The standard InChI is InChI=1S/C21H48O6Si3/c1-7-13-22-16-19-28(10-4)25-29(11-5,20-17-23-14-8-2)27-30(12-6,26-28)21-18-24-15-9-3/h7-21H2,1-6H3. The van der Waals surface area contributed by atoms with Crippen LogP contribution in [0.4, 0.5) is 0 Å². The van der Waals surface area contributed by atoms with Crippen molar-refractivity contribution in [3.8, 4) is 0 Å². The first-order valence-electron chi connectivity index (χ1n) is 12.3. The van der Waals surface area contributed by atoms with E-state index < -0.39 is 25.7 Å². The lowest BCUT2D eigenvalue weighted by molar-refractivity contribution is 0.120. The second kappa shape index (κ2) is 15.3. The van der Waals surface area contributed by atoms with Gasteiger partial charge in [-0.25, -0.2) is 0 Å². The van der Waals surface area contributed by atoms with Gasteiger partial charge in [0.15, 0.2) is 0 Å². The van der Waals surface area contributed by atoms with E-state index in [1.54, 1.807) is 0 Å². The minimum absolute atomic E-state index is 0.717. The Labute approximate surface area is 189 Å². The minimum atomic E-state index is -2.39. The average Bonchev–Trinajstić information content (AvgIpc) is 2.77. The smallest absolute Gasteiger partial charge is 0.322 e. The zero-order valence-corrected chi connectivity index (χ0v) is 23.6. The molecule has 0 amide bonds. The van der Waals surface area contributed by atoms with E-state index in [-0.39, 0.29) is 0 Å². The third-order valence-corrected chi connectivity index (χ3v) is 20.7. The van der Waals surface area contributed by atoms with Gasteiger partial charge in [-0.3, -0.25) is 0 Å². The number of hydrogen-bond donors (Lipinski definition) is 0. The normalized spacial score (nSPS) is 29.4. The summed E-state index contributed by atoms with van der Waals surface area (Å²) < 4.78 is 38.5. The molecular weight excluding hydrogens is 432 g/mol. The maximum atomic E-state index is 6.97. The van der Waals surface area contributed by atoms with E-state index in [1.165, 1.54) is 0 Å². The van der Waals surface area contributed by atoms with Gasteiger partial charge in [-0.1, -0.05) is 41.5 Å². The zero-order valence-electron chi connectivity index (χ0n) is 20.6. The largest absolute Gasteiger partial charge is 0.415 e. The summed E-state index contributed by atoms with van der Waals surface area (Å²) in [6.07, 6.45) is 3.11. The van der Waals surface area contributed by atoms with E-state index in [0.717, 1.165) is 95.2 Å². The quantitative estimate of drug-likeness (QED) is 0.185. The molecule has 1 rings (SSSR count). The monoisotopic (exact) mass is 480 g/mol. The van der Waals surface area contributed by atoms with Gasteiger partial charge in [-0.2, -0.15) is 0 Å². The van der Waals surface area contributed by atoms with E-state index in [9.17, 15) is 0 Å². The van der Waals surface area contributed by atoms with Gasteiger partial charge in [0.25, 0.3) is 0 Å². The van der Waals surface area contributed by atoms with Crippen LogP contribution in [0.1, 0.15) is 60.8 Å². The molecule has 1 aliphatic rings. The Morgan fingerprint density at radius 3 is 0.900 bits per heavy atom. The fraction of sp³-hybridized carbons (Fsp3) is 1.00. The van der Waals surface area contributed by atoms with Crippen molar-refractivity contribution in [1.82, 2.24) is 0 Å². The van der Waals surface area contributed by atoms with Crippen LogP contribution in [0, 0.1) is 0 Å². The molecule has 0 aromatic carbocycles. The van der Waals surface area contributed by atoms with Crippen LogP contribution in [0.25, 0.3) is 0 Å². The predicted molar refractivity (Wildman–Crippen MR) is 130 cm³/mol. The molecule has 1 fully saturated rings. The Hall–Kier alpha value is 0.411. The highest BCUT2D eigenvalue weighted by atomic mass is 28.5. The first-order chi connectivity index (χ1) is 14.5. The minimum Gasteiger partial charge on any atom is -0.415 e. The van der Waals surface area contributed by atoms with Gasteiger partial charge >= 0.3 is 25.7 Å². The summed E-state index contributed by atoms with van der Waals surface area (Å²) in [5.74, 6) is 0. The van der Waals surface area contributed by atoms with Crippen molar-refractivity contribution >= 4 is 25.7 Å². The van der Waals surface area contributed by atoms with Crippen molar-refractivity contribution in [1.29, 1.82) is 0 Å². The first-order valence-corrected chi connectivity index (χ1v) is 19.0. The van der Waals surface area contributed by atoms with Crippen LogP contribution in [0.5, 0.6) is 0 Å². The second-order valence-electron chi connectivity index (χ2n) is 8.19. The van der Waals surface area contributed by atoms with Crippen LogP contribution in [0.2, 0.25) is 36.3 Å². The first kappa shape index (κ1) is 28.4. The van der Waals surface area contributed by atoms with E-state index >= 15 is 0 Å². The molecule has 0 spiro atoms. The van der Waals surface area contributed by atoms with Gasteiger partial charge in [-0.05, 0) is 37.4 Å². The molecule has 0 aromatic rings. The van der Waals surface area contributed by atoms with Gasteiger partial charge in [-0.15, -0.1) is 0 Å². The van der Waals surface area contributed by atoms with E-state index in [1.807, 2.05) is 0 Å². The number of ether oxygens (including phenoxy) is 3. The van der Waals surface area contributed by atoms with Crippen LogP contribution in [-0.4, -0.2) is 65.3 Å². The molecule has 0 saturated carbocycles. The Morgan fingerprint density at radius 2 is 0.700 bits per heavy atom. The summed E-state index contributed by atoms with van der Waals surface area (Å²) in [6.45, 7) is 17.7. The summed E-state index contributed by atoms with van der Waals surface area (Å²) in [5, 5.41) is 0. The van der Waals surface area contributed by atoms with Crippen molar-refractivity contribution in [3.05, 3.63) is 0 Å². The molecule has 1 aliphatic heterocycles. The summed E-state index contributed by atoms with van der Waals surface area (Å²) in [6, 6.07) is 5.51. The molecule has 1 saturated heterocycles. The molecule has 0 unspecified atom stereocenters. The molecule has 0 N–H and O–H groups in total. The van der Waals surface area contributed by atoms with Crippen LogP contribution in [0.15, 0.2) is 0 Å². The average molecular weight is 481 g/mol. The summed E-state index contributed by atoms with van der Waals surface area (Å²) in [7, 11) is -7.18. The van der Waals surface area contributed by atoms with E-state index in [2.05, 4.69) is 41.5 Å². The summed E-state index contributed by atoms with van der Waals surface area (Å²) >= 11 is 0. The highest BCUT2D eigenvalue weighted by molar-refractivity contribution is 6.94. The summed E-state index contributed by atoms with van der Waals surface area (Å²) in [5.41, 5.74) is 0. The van der Waals surface area contributed by atoms with E-state index in [4.69, 9.17) is 26.6 Å². The number of rotatable bonds is 18. The fourth-order valence-electron chi connectivity index (χ4n) is 3.77. The fourth-order valence-corrected chi connectivity index (χ4v) is 21.9. The highest BCUT2D eigenvalue weighted by Crippen LogP contribution is 2.41. The van der Waals surface area contributed by atoms with Crippen LogP contribution < -0.4 is 0 Å². The molecule has 9 heteroatoms. The summed E-state index contributed by atoms with van der Waals surface area (Å²) in [4.78, 5) is 0. The van der Waals surface area contributed by atoms with Crippen LogP contribution in [0.3, 0.4) is 0 Å². The Morgan fingerprint density at radius 1 is 0.433 bits per heavy atom. The lowest BCUT2D eigenvalue weighted by atomic mass is 10.5. The molecule has 180 valence electrons. The van der Waals surface area contributed by atoms with Crippen molar-refractivity contribution < 1.29 is 26.6 Å². The lowest BCUT2D eigenvalue weighted by Crippen LogP contribution is -2.70. The van der Waals surface area contributed by atoms with E-state index in [0.29, 0.717) is 0 Å². The van der Waals surface area contributed by atoms with Crippen molar-refractivity contribution in [2.45, 2.75) is 97.1 Å². The Bertz CT molecular complexity index is 373. The zero-order chi connectivity index (χ0) is 22.3.